The number of rotatable bonds is 44. The molecule has 0 saturated heterocycles. The van der Waals surface area contributed by atoms with Crippen molar-refractivity contribution < 1.29 is 23.8 Å². The van der Waals surface area contributed by atoms with Crippen LogP contribution in [0.25, 0.3) is 0 Å². The highest BCUT2D eigenvalue weighted by molar-refractivity contribution is 5.70. The van der Waals surface area contributed by atoms with Gasteiger partial charge in [-0.1, -0.05) is 198 Å². The molecule has 326 valence electrons. The third-order valence-electron chi connectivity index (χ3n) is 10.3. The van der Waals surface area contributed by atoms with E-state index in [1.54, 1.807) is 0 Å². The summed E-state index contributed by atoms with van der Waals surface area (Å²) in [6.45, 7) is 7.72. The van der Waals surface area contributed by atoms with Crippen LogP contribution in [0.4, 0.5) is 0 Å². The van der Waals surface area contributed by atoms with Gasteiger partial charge in [0.25, 0.3) is 0 Å². The maximum Gasteiger partial charge on any atom is 0.306 e. The van der Waals surface area contributed by atoms with E-state index in [1.807, 2.05) is 0 Å². The average molecular weight is 785 g/mol. The summed E-state index contributed by atoms with van der Waals surface area (Å²) < 4.78 is 17.3. The van der Waals surface area contributed by atoms with Gasteiger partial charge in [0, 0.05) is 19.4 Å². The monoisotopic (exact) mass is 785 g/mol. The molecule has 0 fully saturated rings. The molecule has 1 atom stereocenters. The van der Waals surface area contributed by atoms with E-state index in [9.17, 15) is 9.59 Å². The standard InChI is InChI=1S/C51H92O5/c1-4-7-10-13-16-19-21-23-24-25-26-27-28-30-31-33-35-38-41-44-50(52)55-48-49(47-54-46-43-40-37-18-15-12-9-6-3)56-51(53)45-42-39-36-34-32-29-22-20-17-14-11-8-5-2/h11,14,16,19-20,22-24,49H,4-10,12-13,15,17-18,21,25-48H2,1-3H3/b14-11-,19-16-,22-20-,24-23-. The summed E-state index contributed by atoms with van der Waals surface area (Å²) >= 11 is 0. The van der Waals surface area contributed by atoms with Gasteiger partial charge in [0.1, 0.15) is 6.61 Å². The third-order valence-corrected chi connectivity index (χ3v) is 10.3. The molecule has 0 aliphatic rings. The smallest absolute Gasteiger partial charge is 0.306 e. The highest BCUT2D eigenvalue weighted by Crippen LogP contribution is 2.14. The van der Waals surface area contributed by atoms with E-state index in [-0.39, 0.29) is 25.2 Å². The molecule has 0 bridgehead atoms. The van der Waals surface area contributed by atoms with Crippen molar-refractivity contribution in [1.29, 1.82) is 0 Å². The van der Waals surface area contributed by atoms with E-state index in [1.165, 1.54) is 141 Å². The molecule has 0 aromatic rings. The highest BCUT2D eigenvalue weighted by Gasteiger charge is 2.17. The minimum absolute atomic E-state index is 0.0792. The van der Waals surface area contributed by atoms with E-state index >= 15 is 0 Å². The third kappa shape index (κ3) is 44.6. The fraction of sp³-hybridized carbons (Fsp3) is 0.804. The predicted octanol–water partition coefficient (Wildman–Crippen LogP) is 16.0. The zero-order chi connectivity index (χ0) is 40.7. The van der Waals surface area contributed by atoms with Crippen molar-refractivity contribution >= 4 is 11.9 Å². The largest absolute Gasteiger partial charge is 0.462 e. The number of ether oxygens (including phenoxy) is 3. The SMILES string of the molecule is CCC/C=C\C/C=C\CCCCCCCC(=O)OC(COCCCCCCCCCC)COC(=O)CCCCCCCCCCC/C=C\C/C=C\CCCCC. The minimum atomic E-state index is -0.539. The molecule has 0 aliphatic heterocycles. The van der Waals surface area contributed by atoms with Crippen molar-refractivity contribution in [3.8, 4) is 0 Å². The number of hydrogen-bond acceptors (Lipinski definition) is 5. The van der Waals surface area contributed by atoms with Crippen LogP contribution in [0.2, 0.25) is 0 Å². The number of carbonyl (C=O) groups excluding carboxylic acids is 2. The van der Waals surface area contributed by atoms with Crippen LogP contribution in [-0.4, -0.2) is 37.9 Å². The molecule has 5 nitrogen and oxygen atoms in total. The van der Waals surface area contributed by atoms with Crippen molar-refractivity contribution in [3.05, 3.63) is 48.6 Å². The van der Waals surface area contributed by atoms with Gasteiger partial charge in [-0.3, -0.25) is 9.59 Å². The first kappa shape index (κ1) is 53.9. The van der Waals surface area contributed by atoms with Gasteiger partial charge in [0.05, 0.1) is 6.61 Å². The minimum Gasteiger partial charge on any atom is -0.462 e. The lowest BCUT2D eigenvalue weighted by molar-refractivity contribution is -0.163. The van der Waals surface area contributed by atoms with Crippen LogP contribution in [0, 0.1) is 0 Å². The lowest BCUT2D eigenvalue weighted by atomic mass is 10.1. The number of hydrogen-bond donors (Lipinski definition) is 0. The normalized spacial score (nSPS) is 12.6. The van der Waals surface area contributed by atoms with E-state index in [0.717, 1.165) is 64.2 Å². The van der Waals surface area contributed by atoms with Crippen molar-refractivity contribution in [1.82, 2.24) is 0 Å². The molecule has 5 heteroatoms. The molecule has 0 aromatic carbocycles. The van der Waals surface area contributed by atoms with Gasteiger partial charge in [-0.2, -0.15) is 0 Å². The van der Waals surface area contributed by atoms with Gasteiger partial charge >= 0.3 is 11.9 Å². The van der Waals surface area contributed by atoms with E-state index in [0.29, 0.717) is 19.4 Å². The molecule has 1 unspecified atom stereocenters. The molecule has 0 aromatic heterocycles. The molecular weight excluding hydrogens is 693 g/mol. The summed E-state index contributed by atoms with van der Waals surface area (Å²) in [5.41, 5.74) is 0. The Balaban J connectivity index is 4.15. The summed E-state index contributed by atoms with van der Waals surface area (Å²) in [6.07, 6.45) is 56.8. The van der Waals surface area contributed by atoms with Gasteiger partial charge in [0.15, 0.2) is 6.10 Å². The molecule has 56 heavy (non-hydrogen) atoms. The van der Waals surface area contributed by atoms with Gasteiger partial charge < -0.3 is 14.2 Å². The van der Waals surface area contributed by atoms with E-state index < -0.39 is 6.10 Å². The Morgan fingerprint density at radius 3 is 1.29 bits per heavy atom. The van der Waals surface area contributed by atoms with E-state index in [4.69, 9.17) is 14.2 Å². The quantitative estimate of drug-likeness (QED) is 0.0350. The molecule has 0 radical (unpaired) electrons. The molecule has 0 amide bonds. The Bertz CT molecular complexity index is 935. The van der Waals surface area contributed by atoms with Gasteiger partial charge in [-0.25, -0.2) is 0 Å². The molecule has 0 saturated carbocycles. The molecule has 0 aliphatic carbocycles. The second-order valence-electron chi connectivity index (χ2n) is 16.0. The summed E-state index contributed by atoms with van der Waals surface area (Å²) in [5.74, 6) is -0.414. The maximum atomic E-state index is 12.7. The average Bonchev–Trinajstić information content (AvgIpc) is 3.20. The zero-order valence-electron chi connectivity index (χ0n) is 37.4. The fourth-order valence-electron chi connectivity index (χ4n) is 6.69. The maximum absolute atomic E-state index is 12.7. The Kier molecular flexibility index (Phi) is 45.4. The number of carbonyl (C=O) groups is 2. The Labute approximate surface area is 348 Å². The summed E-state index contributed by atoms with van der Waals surface area (Å²) in [4.78, 5) is 25.3. The topological polar surface area (TPSA) is 61.8 Å². The van der Waals surface area contributed by atoms with Crippen LogP contribution in [0.1, 0.15) is 239 Å². The molecule has 0 rings (SSSR count). The van der Waals surface area contributed by atoms with Gasteiger partial charge in [-0.05, 0) is 77.0 Å². The first-order valence-corrected chi connectivity index (χ1v) is 24.2. The van der Waals surface area contributed by atoms with Crippen LogP contribution in [0.15, 0.2) is 48.6 Å². The first-order valence-electron chi connectivity index (χ1n) is 24.2. The van der Waals surface area contributed by atoms with Crippen LogP contribution in [-0.2, 0) is 23.8 Å². The molecule has 0 heterocycles. The summed E-state index contributed by atoms with van der Waals surface area (Å²) in [7, 11) is 0. The van der Waals surface area contributed by atoms with Crippen LogP contribution >= 0.6 is 0 Å². The van der Waals surface area contributed by atoms with Crippen LogP contribution in [0.5, 0.6) is 0 Å². The van der Waals surface area contributed by atoms with Crippen LogP contribution < -0.4 is 0 Å². The second kappa shape index (κ2) is 47.2. The Hall–Kier alpha value is -2.14. The number of unbranched alkanes of at least 4 members (excludes halogenated alkanes) is 25. The van der Waals surface area contributed by atoms with Gasteiger partial charge in [-0.15, -0.1) is 0 Å². The first-order chi connectivity index (χ1) is 27.6. The highest BCUT2D eigenvalue weighted by atomic mass is 16.6. The number of esters is 2. The fourth-order valence-corrected chi connectivity index (χ4v) is 6.69. The van der Waals surface area contributed by atoms with Crippen molar-refractivity contribution in [2.45, 2.75) is 245 Å². The predicted molar refractivity (Wildman–Crippen MR) is 242 cm³/mol. The van der Waals surface area contributed by atoms with Crippen molar-refractivity contribution in [2.75, 3.05) is 19.8 Å². The van der Waals surface area contributed by atoms with Crippen molar-refractivity contribution in [3.63, 3.8) is 0 Å². The number of allylic oxidation sites excluding steroid dienone is 8. The molecule has 0 N–H and O–H groups in total. The lowest BCUT2D eigenvalue weighted by Gasteiger charge is -2.18. The van der Waals surface area contributed by atoms with Crippen molar-refractivity contribution in [2.24, 2.45) is 0 Å². The van der Waals surface area contributed by atoms with E-state index in [2.05, 4.69) is 69.4 Å². The second-order valence-corrected chi connectivity index (χ2v) is 16.0. The Morgan fingerprint density at radius 1 is 0.393 bits per heavy atom. The molecular formula is C51H92O5. The molecule has 0 spiro atoms. The lowest BCUT2D eigenvalue weighted by Crippen LogP contribution is -2.30. The summed E-state index contributed by atoms with van der Waals surface area (Å²) in [6, 6.07) is 0. The zero-order valence-corrected chi connectivity index (χ0v) is 37.4. The Morgan fingerprint density at radius 2 is 0.786 bits per heavy atom. The van der Waals surface area contributed by atoms with Crippen LogP contribution in [0.3, 0.4) is 0 Å². The summed E-state index contributed by atoms with van der Waals surface area (Å²) in [5, 5.41) is 0. The van der Waals surface area contributed by atoms with Gasteiger partial charge in [0.2, 0.25) is 0 Å².